The van der Waals surface area contributed by atoms with Gasteiger partial charge in [-0.25, -0.2) is 15.0 Å². The van der Waals surface area contributed by atoms with Crippen LogP contribution in [-0.2, 0) is 6.54 Å². The summed E-state index contributed by atoms with van der Waals surface area (Å²) in [6, 6.07) is 19.5. The van der Waals surface area contributed by atoms with Crippen LogP contribution in [0.25, 0.3) is 0 Å². The number of hydrazone groups is 1. The van der Waals surface area contributed by atoms with Crippen molar-refractivity contribution in [2.24, 2.45) is 10.1 Å². The van der Waals surface area contributed by atoms with Gasteiger partial charge in [0.05, 0.1) is 13.7 Å². The lowest BCUT2D eigenvalue weighted by Gasteiger charge is -2.19. The van der Waals surface area contributed by atoms with Gasteiger partial charge in [-0.15, -0.1) is 0 Å². The van der Waals surface area contributed by atoms with Gasteiger partial charge in [-0.1, -0.05) is 47.6 Å². The van der Waals surface area contributed by atoms with Gasteiger partial charge >= 0.3 is 0 Å². The normalized spacial score (nSPS) is 13.3. The van der Waals surface area contributed by atoms with Crippen molar-refractivity contribution in [3.05, 3.63) is 88.6 Å². The number of benzene rings is 2. The van der Waals surface area contributed by atoms with Crippen molar-refractivity contribution in [2.75, 3.05) is 13.4 Å². The molecule has 1 aliphatic heterocycles. The van der Waals surface area contributed by atoms with Crippen molar-refractivity contribution in [1.82, 2.24) is 9.99 Å². The maximum atomic E-state index is 6.09. The van der Waals surface area contributed by atoms with Crippen LogP contribution >= 0.6 is 23.4 Å². The number of aromatic nitrogens is 1. The van der Waals surface area contributed by atoms with Crippen LogP contribution in [0.1, 0.15) is 16.7 Å². The van der Waals surface area contributed by atoms with Crippen LogP contribution in [0.3, 0.4) is 0 Å². The zero-order valence-electron chi connectivity index (χ0n) is 16.0. The molecule has 146 valence electrons. The van der Waals surface area contributed by atoms with Gasteiger partial charge in [-0.2, -0.15) is 5.10 Å². The van der Waals surface area contributed by atoms with E-state index in [4.69, 9.17) is 26.4 Å². The average molecular weight is 423 g/mol. The maximum absolute atomic E-state index is 6.09. The predicted molar refractivity (Wildman–Crippen MR) is 120 cm³/mol. The molecule has 0 saturated heterocycles. The Balaban J connectivity index is 1.80. The Morgan fingerprint density at radius 1 is 1.03 bits per heavy atom. The second-order valence-electron chi connectivity index (χ2n) is 6.33. The molecule has 5 nitrogen and oxygen atoms in total. The van der Waals surface area contributed by atoms with Gasteiger partial charge in [0, 0.05) is 22.3 Å². The van der Waals surface area contributed by atoms with E-state index < -0.39 is 0 Å². The van der Waals surface area contributed by atoms with Crippen molar-refractivity contribution in [3.63, 3.8) is 0 Å². The standard InChI is InChI=1S/C22H19ClN4OS/c1-28-18-11-5-15(6-12-18)14-27-22(29-2)25-21-19(4-3-13-24-21)20(26-27)16-7-9-17(23)10-8-16/h3-13H,14H2,1-2H3. The number of aliphatic imine (C=N–C) groups is 1. The maximum Gasteiger partial charge on any atom is 0.186 e. The van der Waals surface area contributed by atoms with Gasteiger partial charge in [0.1, 0.15) is 11.5 Å². The summed E-state index contributed by atoms with van der Waals surface area (Å²) in [6.07, 6.45) is 3.74. The number of hydrogen-bond donors (Lipinski definition) is 0. The largest absolute Gasteiger partial charge is 0.497 e. The lowest BCUT2D eigenvalue weighted by Crippen LogP contribution is -2.23. The van der Waals surface area contributed by atoms with E-state index in [1.807, 2.05) is 71.9 Å². The average Bonchev–Trinajstić information content (AvgIpc) is 2.92. The first-order valence-corrected chi connectivity index (χ1v) is 10.6. The third-order valence-electron chi connectivity index (χ3n) is 4.48. The second-order valence-corrected chi connectivity index (χ2v) is 7.54. The SMILES string of the molecule is COc1ccc(CN2N=C(c3ccc(Cl)cc3)c3cccnc3N=C2SC)cc1. The summed E-state index contributed by atoms with van der Waals surface area (Å²) in [5, 5.41) is 8.37. The molecule has 7 heteroatoms. The van der Waals surface area contributed by atoms with Crippen LogP contribution in [0.5, 0.6) is 5.75 Å². The molecule has 0 aliphatic carbocycles. The van der Waals surface area contributed by atoms with Crippen LogP contribution in [-0.4, -0.2) is 34.2 Å². The fraction of sp³-hybridized carbons (Fsp3) is 0.136. The minimum atomic E-state index is 0.578. The minimum absolute atomic E-state index is 0.578. The Hall–Kier alpha value is -2.83. The van der Waals surface area contributed by atoms with E-state index in [0.717, 1.165) is 33.3 Å². The van der Waals surface area contributed by atoms with Crippen LogP contribution in [0.15, 0.2) is 77.0 Å². The summed E-state index contributed by atoms with van der Waals surface area (Å²) in [5.41, 5.74) is 3.76. The third kappa shape index (κ3) is 4.28. The first-order chi connectivity index (χ1) is 14.2. The van der Waals surface area contributed by atoms with E-state index in [0.29, 0.717) is 17.4 Å². The summed E-state index contributed by atoms with van der Waals surface area (Å²) in [5.74, 6) is 1.48. The molecular weight excluding hydrogens is 404 g/mol. The number of pyridine rings is 1. The Labute approximate surface area is 179 Å². The van der Waals surface area contributed by atoms with Crippen molar-refractivity contribution >= 4 is 40.1 Å². The molecule has 0 N–H and O–H groups in total. The van der Waals surface area contributed by atoms with E-state index in [-0.39, 0.29) is 0 Å². The molecule has 0 amide bonds. The van der Waals surface area contributed by atoms with Crippen LogP contribution in [0, 0.1) is 0 Å². The topological polar surface area (TPSA) is 50.1 Å². The Morgan fingerprint density at radius 2 is 1.79 bits per heavy atom. The molecule has 2 heterocycles. The Morgan fingerprint density at radius 3 is 2.48 bits per heavy atom. The van der Waals surface area contributed by atoms with Crippen molar-refractivity contribution < 1.29 is 4.74 Å². The Bertz CT molecular complexity index is 1060. The number of ether oxygens (including phenoxy) is 1. The highest BCUT2D eigenvalue weighted by Gasteiger charge is 2.22. The molecule has 1 aliphatic rings. The molecule has 0 spiro atoms. The van der Waals surface area contributed by atoms with E-state index in [1.165, 1.54) is 0 Å². The van der Waals surface area contributed by atoms with E-state index in [2.05, 4.69) is 4.98 Å². The second kappa shape index (κ2) is 8.68. The highest BCUT2D eigenvalue weighted by molar-refractivity contribution is 8.13. The highest BCUT2D eigenvalue weighted by atomic mass is 35.5. The predicted octanol–water partition coefficient (Wildman–Crippen LogP) is 5.36. The van der Waals surface area contributed by atoms with Gasteiger partial charge in [0.2, 0.25) is 0 Å². The molecule has 0 bridgehead atoms. The zero-order chi connectivity index (χ0) is 20.2. The number of amidine groups is 1. The summed E-state index contributed by atoms with van der Waals surface area (Å²) < 4.78 is 5.26. The van der Waals surface area contributed by atoms with Crippen molar-refractivity contribution in [2.45, 2.75) is 6.54 Å². The molecule has 3 aromatic rings. The molecule has 0 saturated carbocycles. The molecule has 0 unspecified atom stereocenters. The minimum Gasteiger partial charge on any atom is -0.497 e. The van der Waals surface area contributed by atoms with Crippen molar-refractivity contribution in [3.8, 4) is 5.75 Å². The van der Waals surface area contributed by atoms with Crippen LogP contribution in [0.2, 0.25) is 5.02 Å². The smallest absolute Gasteiger partial charge is 0.186 e. The summed E-state index contributed by atoms with van der Waals surface area (Å²) >= 11 is 7.63. The molecule has 29 heavy (non-hydrogen) atoms. The highest BCUT2D eigenvalue weighted by Crippen LogP contribution is 2.28. The van der Waals surface area contributed by atoms with Gasteiger partial charge in [-0.05, 0) is 48.2 Å². The monoisotopic (exact) mass is 422 g/mol. The molecule has 4 rings (SSSR count). The summed E-state index contributed by atoms with van der Waals surface area (Å²) in [4.78, 5) is 9.28. The number of hydrogen-bond acceptors (Lipinski definition) is 6. The lowest BCUT2D eigenvalue weighted by molar-refractivity contribution is 0.413. The number of halogens is 1. The first-order valence-electron chi connectivity index (χ1n) is 9.01. The van der Waals surface area contributed by atoms with Crippen molar-refractivity contribution in [1.29, 1.82) is 0 Å². The summed E-state index contributed by atoms with van der Waals surface area (Å²) in [7, 11) is 1.66. The fourth-order valence-corrected chi connectivity index (χ4v) is 3.64. The first kappa shape index (κ1) is 19.5. The molecule has 0 radical (unpaired) electrons. The lowest BCUT2D eigenvalue weighted by atomic mass is 10.0. The summed E-state index contributed by atoms with van der Waals surface area (Å²) in [6.45, 7) is 0.578. The van der Waals surface area contributed by atoms with Gasteiger partial charge in [0.25, 0.3) is 0 Å². The number of methoxy groups -OCH3 is 1. The molecule has 0 atom stereocenters. The molecule has 2 aromatic carbocycles. The number of nitrogens with zero attached hydrogens (tertiary/aromatic N) is 4. The van der Waals surface area contributed by atoms with E-state index in [9.17, 15) is 0 Å². The third-order valence-corrected chi connectivity index (χ3v) is 5.40. The fourth-order valence-electron chi connectivity index (χ4n) is 3.02. The Kier molecular flexibility index (Phi) is 5.83. The van der Waals surface area contributed by atoms with E-state index in [1.54, 1.807) is 25.1 Å². The molecule has 0 fully saturated rings. The van der Waals surface area contributed by atoms with Crippen LogP contribution < -0.4 is 4.74 Å². The van der Waals surface area contributed by atoms with Crippen LogP contribution in [0.4, 0.5) is 5.82 Å². The quantitative estimate of drug-likeness (QED) is 0.567. The van der Waals surface area contributed by atoms with Gasteiger partial charge < -0.3 is 4.74 Å². The molecular formula is C22H19ClN4OS. The number of thioether (sulfide) groups is 1. The zero-order valence-corrected chi connectivity index (χ0v) is 17.6. The number of rotatable bonds is 4. The van der Waals surface area contributed by atoms with Gasteiger partial charge in [-0.3, -0.25) is 0 Å². The van der Waals surface area contributed by atoms with E-state index >= 15 is 0 Å². The number of fused-ring (bicyclic) bond motifs is 1. The molecule has 1 aromatic heterocycles. The van der Waals surface area contributed by atoms with Gasteiger partial charge in [0.15, 0.2) is 11.0 Å².